The number of ether oxygens (including phenoxy) is 1. The first-order valence-corrected chi connectivity index (χ1v) is 5.01. The molecule has 0 aliphatic carbocycles. The van der Waals surface area contributed by atoms with Crippen molar-refractivity contribution >= 4 is 11.6 Å². The second-order valence-electron chi connectivity index (χ2n) is 3.13. The highest BCUT2D eigenvalue weighted by Crippen LogP contribution is 2.26. The van der Waals surface area contributed by atoms with Gasteiger partial charge in [0.25, 0.3) is 0 Å². The van der Waals surface area contributed by atoms with E-state index >= 15 is 0 Å². The number of rotatable bonds is 5. The van der Waals surface area contributed by atoms with E-state index in [9.17, 15) is 10.2 Å². The van der Waals surface area contributed by atoms with Gasteiger partial charge in [0.1, 0.15) is 6.10 Å². The predicted octanol–water partition coefficient (Wildman–Crippen LogP) is -0.0847. The van der Waals surface area contributed by atoms with Gasteiger partial charge in [-0.15, -0.1) is 0 Å². The summed E-state index contributed by atoms with van der Waals surface area (Å²) in [7, 11) is 1.37. The second-order valence-corrected chi connectivity index (χ2v) is 3.47. The second kappa shape index (κ2) is 5.95. The van der Waals surface area contributed by atoms with E-state index < -0.39 is 12.2 Å². The molecule has 0 saturated carbocycles. The Kier molecular flexibility index (Phi) is 4.88. The first kappa shape index (κ1) is 13.1. The number of nitrogens with zero attached hydrogens (tertiary/aromatic N) is 2. The zero-order valence-corrected chi connectivity index (χ0v) is 9.42. The average Bonchev–Trinajstić information content (AvgIpc) is 2.28. The Hall–Kier alpha value is -0.950. The van der Waals surface area contributed by atoms with Crippen molar-refractivity contribution in [2.45, 2.75) is 18.6 Å². The van der Waals surface area contributed by atoms with Crippen LogP contribution >= 0.6 is 11.6 Å². The minimum atomic E-state index is -1.22. The molecule has 0 aromatic carbocycles. The van der Waals surface area contributed by atoms with E-state index in [0.717, 1.165) is 0 Å². The normalized spacial score (nSPS) is 14.6. The van der Waals surface area contributed by atoms with Gasteiger partial charge in [-0.3, -0.25) is 0 Å². The number of aliphatic hydroxyl groups is 3. The van der Waals surface area contributed by atoms with E-state index in [0.29, 0.717) is 0 Å². The van der Waals surface area contributed by atoms with Gasteiger partial charge in [0, 0.05) is 12.8 Å². The smallest absolute Gasteiger partial charge is 0.225 e. The average molecular weight is 249 g/mol. The summed E-state index contributed by atoms with van der Waals surface area (Å²) in [5.74, 6) is 0.101. The van der Waals surface area contributed by atoms with Crippen molar-refractivity contribution in [1.82, 2.24) is 9.97 Å². The molecule has 0 aliphatic rings. The van der Waals surface area contributed by atoms with Gasteiger partial charge < -0.3 is 20.1 Å². The van der Waals surface area contributed by atoms with Crippen molar-refractivity contribution < 1.29 is 20.1 Å². The van der Waals surface area contributed by atoms with Crippen molar-refractivity contribution in [1.29, 1.82) is 0 Å². The fourth-order valence-electron chi connectivity index (χ4n) is 1.22. The molecule has 2 unspecified atom stereocenters. The van der Waals surface area contributed by atoms with Crippen LogP contribution in [0, 0.1) is 0 Å². The van der Waals surface area contributed by atoms with Crippen molar-refractivity contribution in [3.63, 3.8) is 0 Å². The van der Waals surface area contributed by atoms with Crippen molar-refractivity contribution in [3.8, 4) is 5.88 Å². The molecule has 0 fully saturated rings. The van der Waals surface area contributed by atoms with Crippen LogP contribution < -0.4 is 4.74 Å². The number of methoxy groups -OCH3 is 1. The summed E-state index contributed by atoms with van der Waals surface area (Å²) < 4.78 is 4.91. The van der Waals surface area contributed by atoms with Crippen LogP contribution in [-0.4, -0.2) is 45.1 Å². The summed E-state index contributed by atoms with van der Waals surface area (Å²) in [5.41, 5.74) is 0.229. The molecule has 1 rings (SSSR count). The Labute approximate surface area is 97.5 Å². The molecule has 7 heteroatoms. The lowest BCUT2D eigenvalue weighted by Gasteiger charge is -2.18. The molecule has 0 bridgehead atoms. The van der Waals surface area contributed by atoms with Crippen molar-refractivity contribution in [3.05, 3.63) is 17.0 Å². The lowest BCUT2D eigenvalue weighted by molar-refractivity contribution is 0.00252. The van der Waals surface area contributed by atoms with Crippen LogP contribution in [0.25, 0.3) is 0 Å². The molecule has 0 amide bonds. The maximum Gasteiger partial charge on any atom is 0.225 e. The maximum absolute atomic E-state index is 9.76. The number of halogens is 1. The van der Waals surface area contributed by atoms with Crippen LogP contribution in [0.2, 0.25) is 5.28 Å². The Balaban J connectivity index is 2.93. The minimum absolute atomic E-state index is 0.00977. The van der Waals surface area contributed by atoms with Crippen molar-refractivity contribution in [2.75, 3.05) is 13.7 Å². The van der Waals surface area contributed by atoms with Crippen LogP contribution in [-0.2, 0) is 0 Å². The van der Waals surface area contributed by atoms with Gasteiger partial charge in [-0.05, 0) is 18.0 Å². The Morgan fingerprint density at radius 1 is 1.50 bits per heavy atom. The highest BCUT2D eigenvalue weighted by atomic mass is 35.5. The van der Waals surface area contributed by atoms with Crippen LogP contribution in [0.4, 0.5) is 0 Å². The predicted molar refractivity (Wildman–Crippen MR) is 56.3 cm³/mol. The molecule has 0 aliphatic heterocycles. The zero-order chi connectivity index (χ0) is 12.1. The third kappa shape index (κ3) is 3.02. The van der Waals surface area contributed by atoms with Gasteiger partial charge >= 0.3 is 0 Å². The summed E-state index contributed by atoms with van der Waals surface area (Å²) >= 11 is 5.55. The molecule has 1 heterocycles. The lowest BCUT2D eigenvalue weighted by Crippen LogP contribution is -2.20. The minimum Gasteiger partial charge on any atom is -0.481 e. The largest absolute Gasteiger partial charge is 0.481 e. The number of hydrogen-bond donors (Lipinski definition) is 3. The summed E-state index contributed by atoms with van der Waals surface area (Å²) in [4.78, 5) is 7.45. The summed E-state index contributed by atoms with van der Waals surface area (Å²) in [5, 5.41) is 27.9. The van der Waals surface area contributed by atoms with E-state index in [4.69, 9.17) is 21.4 Å². The Morgan fingerprint density at radius 2 is 2.19 bits per heavy atom. The van der Waals surface area contributed by atoms with Crippen molar-refractivity contribution in [2.24, 2.45) is 0 Å². The first-order chi connectivity index (χ1) is 7.60. The quantitative estimate of drug-likeness (QED) is 0.631. The third-order valence-corrected chi connectivity index (χ3v) is 2.23. The van der Waals surface area contributed by atoms with E-state index in [1.54, 1.807) is 0 Å². The van der Waals surface area contributed by atoms with E-state index in [1.807, 2.05) is 0 Å². The highest BCUT2D eigenvalue weighted by Gasteiger charge is 2.23. The Bertz CT molecular complexity index is 350. The van der Waals surface area contributed by atoms with Gasteiger partial charge in [0.2, 0.25) is 11.2 Å². The SMILES string of the molecule is COc1nc(Cl)ncc1C(O)C(O)CCO. The summed E-state index contributed by atoms with van der Waals surface area (Å²) in [6, 6.07) is 0. The molecule has 2 atom stereocenters. The van der Waals surface area contributed by atoms with Gasteiger partial charge in [-0.2, -0.15) is 4.98 Å². The van der Waals surface area contributed by atoms with Gasteiger partial charge in [0.05, 0.1) is 18.8 Å². The third-order valence-electron chi connectivity index (χ3n) is 2.05. The van der Waals surface area contributed by atoms with Gasteiger partial charge in [-0.25, -0.2) is 4.98 Å². The molecule has 90 valence electrons. The molecule has 1 aromatic rings. The number of aliphatic hydroxyl groups excluding tert-OH is 3. The van der Waals surface area contributed by atoms with Gasteiger partial charge in [0.15, 0.2) is 0 Å². The molecule has 0 saturated heterocycles. The number of aromatic nitrogens is 2. The van der Waals surface area contributed by atoms with Crippen LogP contribution in [0.15, 0.2) is 6.20 Å². The van der Waals surface area contributed by atoms with E-state index in [-0.39, 0.29) is 29.8 Å². The van der Waals surface area contributed by atoms with E-state index in [2.05, 4.69) is 9.97 Å². The fourth-order valence-corrected chi connectivity index (χ4v) is 1.34. The molecule has 0 spiro atoms. The van der Waals surface area contributed by atoms with Crippen LogP contribution in [0.3, 0.4) is 0 Å². The summed E-state index contributed by atoms with van der Waals surface area (Å²) in [6.45, 7) is -0.227. The summed E-state index contributed by atoms with van der Waals surface area (Å²) in [6.07, 6.45) is -1.00. The monoisotopic (exact) mass is 248 g/mol. The molecular weight excluding hydrogens is 236 g/mol. The standard InChI is InChI=1S/C9H13ClN2O4/c1-16-8-5(4-11-9(10)12-8)7(15)6(14)2-3-13/h4,6-7,13-15H,2-3H2,1H3. The zero-order valence-electron chi connectivity index (χ0n) is 8.67. The molecule has 3 N–H and O–H groups in total. The first-order valence-electron chi connectivity index (χ1n) is 4.63. The van der Waals surface area contributed by atoms with E-state index in [1.165, 1.54) is 13.3 Å². The lowest BCUT2D eigenvalue weighted by atomic mass is 10.1. The fraction of sp³-hybridized carbons (Fsp3) is 0.556. The molecule has 16 heavy (non-hydrogen) atoms. The van der Waals surface area contributed by atoms with Crippen LogP contribution in [0.1, 0.15) is 18.1 Å². The molecule has 1 aromatic heterocycles. The number of hydrogen-bond acceptors (Lipinski definition) is 6. The maximum atomic E-state index is 9.76. The molecular formula is C9H13ClN2O4. The highest BCUT2D eigenvalue weighted by molar-refractivity contribution is 6.28. The van der Waals surface area contributed by atoms with Crippen LogP contribution in [0.5, 0.6) is 5.88 Å². The Morgan fingerprint density at radius 3 is 2.75 bits per heavy atom. The topological polar surface area (TPSA) is 95.7 Å². The molecule has 0 radical (unpaired) electrons. The van der Waals surface area contributed by atoms with Gasteiger partial charge in [-0.1, -0.05) is 0 Å². The molecule has 6 nitrogen and oxygen atoms in total.